The van der Waals surface area contributed by atoms with Crippen molar-refractivity contribution < 1.29 is 14.3 Å². The topological polar surface area (TPSA) is 59.2 Å². The Morgan fingerprint density at radius 1 is 0.962 bits per heavy atom. The van der Waals surface area contributed by atoms with Gasteiger partial charge in [0, 0.05) is 16.5 Å². The number of hydrogen-bond donors (Lipinski definition) is 1. The summed E-state index contributed by atoms with van der Waals surface area (Å²) in [6, 6.07) is 14.8. The molecule has 0 saturated heterocycles. The minimum Gasteiger partial charge on any atom is -0.456 e. The molecule has 0 aliphatic rings. The van der Waals surface area contributed by atoms with Crippen LogP contribution in [0.4, 0.5) is 5.69 Å². The summed E-state index contributed by atoms with van der Waals surface area (Å²) in [6.07, 6.45) is 0. The molecule has 2 aromatic carbocycles. The number of aromatic nitrogens is 1. The molecule has 0 atom stereocenters. The number of aromatic amines is 1. The molecule has 26 heavy (non-hydrogen) atoms. The molecule has 5 nitrogen and oxygen atoms in total. The number of nitrogens with one attached hydrogen (secondary N) is 1. The number of H-pyrrole nitrogens is 1. The molecular weight excluding hydrogens is 328 g/mol. The maximum atomic E-state index is 12.3. The lowest BCUT2D eigenvalue weighted by atomic mass is 10.1. The number of rotatable bonds is 5. The van der Waals surface area contributed by atoms with Gasteiger partial charge in [0.1, 0.15) is 12.3 Å². The molecule has 0 spiro atoms. The zero-order valence-electron chi connectivity index (χ0n) is 15.5. The van der Waals surface area contributed by atoms with E-state index < -0.39 is 0 Å². The van der Waals surface area contributed by atoms with Gasteiger partial charge in [-0.05, 0) is 55.5 Å². The molecule has 0 aliphatic heterocycles. The first-order valence-corrected chi connectivity index (χ1v) is 8.46. The van der Waals surface area contributed by atoms with E-state index in [-0.39, 0.29) is 18.4 Å². The van der Waals surface area contributed by atoms with Crippen LogP contribution in [0.3, 0.4) is 0 Å². The van der Waals surface area contributed by atoms with E-state index in [1.807, 2.05) is 30.3 Å². The molecule has 0 aliphatic carbocycles. The van der Waals surface area contributed by atoms with Gasteiger partial charge >= 0.3 is 5.97 Å². The molecular formula is C21H23N2O3+. The number of Topliss-reactive ketones (excluding diaryl/α,β-unsaturated/α-hetero) is 1. The van der Waals surface area contributed by atoms with E-state index in [9.17, 15) is 9.59 Å². The van der Waals surface area contributed by atoms with Gasteiger partial charge in [0.15, 0.2) is 5.78 Å². The van der Waals surface area contributed by atoms with Crippen LogP contribution in [-0.4, -0.2) is 37.9 Å². The predicted octanol–water partition coefficient (Wildman–Crippen LogP) is 3.92. The minimum absolute atomic E-state index is 0.0263. The average Bonchev–Trinajstić information content (AvgIpc) is 3.01. The highest BCUT2D eigenvalue weighted by Crippen LogP contribution is 2.20. The highest BCUT2D eigenvalue weighted by atomic mass is 16.5. The Kier molecular flexibility index (Phi) is 4.66. The number of ether oxygens (including phenoxy) is 1. The lowest BCUT2D eigenvalue weighted by Crippen LogP contribution is -2.34. The number of benzene rings is 2. The SMILES string of the molecule is CC(=O)c1ccc2[nH]c(COC(=O)c3ccc([N+](C)(C)C)cc3)cc2c1. The van der Waals surface area contributed by atoms with Gasteiger partial charge < -0.3 is 9.72 Å². The molecule has 3 aromatic rings. The summed E-state index contributed by atoms with van der Waals surface area (Å²) in [4.78, 5) is 26.9. The molecule has 0 bridgehead atoms. The van der Waals surface area contributed by atoms with E-state index in [1.165, 1.54) is 0 Å². The second kappa shape index (κ2) is 6.77. The Hall–Kier alpha value is -2.92. The molecule has 5 heteroatoms. The Morgan fingerprint density at radius 2 is 1.62 bits per heavy atom. The number of carbonyl (C=O) groups excluding carboxylic acids is 2. The fraction of sp³-hybridized carbons (Fsp3) is 0.238. The molecule has 0 radical (unpaired) electrons. The van der Waals surface area contributed by atoms with Crippen molar-refractivity contribution in [3.8, 4) is 0 Å². The van der Waals surface area contributed by atoms with Crippen molar-refractivity contribution in [3.05, 3.63) is 65.4 Å². The van der Waals surface area contributed by atoms with E-state index in [0.717, 1.165) is 22.3 Å². The van der Waals surface area contributed by atoms with Crippen LogP contribution in [-0.2, 0) is 11.3 Å². The summed E-state index contributed by atoms with van der Waals surface area (Å²) < 4.78 is 6.09. The molecule has 0 amide bonds. The van der Waals surface area contributed by atoms with Crippen molar-refractivity contribution in [2.75, 3.05) is 21.1 Å². The number of ketones is 1. The van der Waals surface area contributed by atoms with Crippen molar-refractivity contribution in [2.45, 2.75) is 13.5 Å². The summed E-state index contributed by atoms with van der Waals surface area (Å²) in [6.45, 7) is 1.69. The lowest BCUT2D eigenvalue weighted by Gasteiger charge is -2.23. The number of fused-ring (bicyclic) bond motifs is 1. The summed E-state index contributed by atoms with van der Waals surface area (Å²) >= 11 is 0. The monoisotopic (exact) mass is 351 g/mol. The fourth-order valence-electron chi connectivity index (χ4n) is 2.76. The first-order valence-electron chi connectivity index (χ1n) is 8.46. The van der Waals surface area contributed by atoms with Crippen molar-refractivity contribution in [3.63, 3.8) is 0 Å². The van der Waals surface area contributed by atoms with Gasteiger partial charge in [-0.25, -0.2) is 4.79 Å². The van der Waals surface area contributed by atoms with Crippen LogP contribution in [0, 0.1) is 0 Å². The van der Waals surface area contributed by atoms with E-state index in [2.05, 4.69) is 26.1 Å². The van der Waals surface area contributed by atoms with Gasteiger partial charge in [-0.3, -0.25) is 9.28 Å². The number of carbonyl (C=O) groups is 2. The average molecular weight is 351 g/mol. The van der Waals surface area contributed by atoms with Gasteiger partial charge in [-0.15, -0.1) is 0 Å². The van der Waals surface area contributed by atoms with E-state index >= 15 is 0 Å². The molecule has 3 rings (SSSR count). The second-order valence-corrected chi connectivity index (χ2v) is 7.29. The largest absolute Gasteiger partial charge is 0.456 e. The highest BCUT2D eigenvalue weighted by molar-refractivity contribution is 5.98. The minimum atomic E-state index is -0.360. The Bertz CT molecular complexity index is 963. The van der Waals surface area contributed by atoms with Crippen LogP contribution in [0.15, 0.2) is 48.5 Å². The number of quaternary nitrogens is 1. The molecule has 1 aromatic heterocycles. The number of esters is 1. The molecule has 134 valence electrons. The smallest absolute Gasteiger partial charge is 0.338 e. The fourth-order valence-corrected chi connectivity index (χ4v) is 2.76. The van der Waals surface area contributed by atoms with Crippen LogP contribution >= 0.6 is 0 Å². The molecule has 0 fully saturated rings. The van der Waals surface area contributed by atoms with Gasteiger partial charge in [-0.1, -0.05) is 0 Å². The first kappa shape index (κ1) is 17.9. The standard InChI is InChI=1S/C21H22N2O3/c1-14(24)16-7-10-20-17(11-16)12-18(22-20)13-26-21(25)15-5-8-19(9-6-15)23(2,3)4/h5-12H,13H2,1-4H3/p+1. The van der Waals surface area contributed by atoms with Gasteiger partial charge in [-0.2, -0.15) is 0 Å². The van der Waals surface area contributed by atoms with E-state index in [4.69, 9.17) is 4.74 Å². The normalized spacial score (nSPS) is 11.5. The lowest BCUT2D eigenvalue weighted by molar-refractivity contribution is 0.0468. The van der Waals surface area contributed by atoms with Crippen molar-refractivity contribution >= 4 is 28.3 Å². The van der Waals surface area contributed by atoms with Crippen LogP contribution in [0.25, 0.3) is 10.9 Å². The molecule has 1 heterocycles. The third kappa shape index (κ3) is 3.83. The molecule has 0 unspecified atom stereocenters. The van der Waals surface area contributed by atoms with Crippen LogP contribution < -0.4 is 4.48 Å². The number of nitrogens with zero attached hydrogens (tertiary/aromatic N) is 1. The Labute approximate surface area is 152 Å². The van der Waals surface area contributed by atoms with Crippen molar-refractivity contribution in [1.82, 2.24) is 9.47 Å². The summed E-state index contributed by atoms with van der Waals surface area (Å²) in [7, 11) is 6.21. The molecule has 0 saturated carbocycles. The van der Waals surface area contributed by atoms with Gasteiger partial charge in [0.2, 0.25) is 0 Å². The molecule has 1 N–H and O–H groups in total. The highest BCUT2D eigenvalue weighted by Gasteiger charge is 2.14. The second-order valence-electron chi connectivity index (χ2n) is 7.29. The van der Waals surface area contributed by atoms with Crippen LogP contribution in [0.2, 0.25) is 0 Å². The van der Waals surface area contributed by atoms with E-state index in [0.29, 0.717) is 15.6 Å². The summed E-state index contributed by atoms with van der Waals surface area (Å²) in [5.41, 5.74) is 4.00. The summed E-state index contributed by atoms with van der Waals surface area (Å²) in [5.74, 6) is -0.334. The zero-order chi connectivity index (χ0) is 18.9. The van der Waals surface area contributed by atoms with Crippen LogP contribution in [0.1, 0.15) is 33.3 Å². The first-order chi connectivity index (χ1) is 12.2. The quantitative estimate of drug-likeness (QED) is 0.430. The third-order valence-electron chi connectivity index (χ3n) is 4.32. The van der Waals surface area contributed by atoms with E-state index in [1.54, 1.807) is 25.1 Å². The number of hydrogen-bond acceptors (Lipinski definition) is 3. The summed E-state index contributed by atoms with van der Waals surface area (Å²) in [5, 5.41) is 0.927. The van der Waals surface area contributed by atoms with Crippen molar-refractivity contribution in [1.29, 1.82) is 0 Å². The maximum absolute atomic E-state index is 12.3. The zero-order valence-corrected chi connectivity index (χ0v) is 15.5. The van der Waals surface area contributed by atoms with Crippen LogP contribution in [0.5, 0.6) is 0 Å². The van der Waals surface area contributed by atoms with Gasteiger partial charge in [0.25, 0.3) is 0 Å². The van der Waals surface area contributed by atoms with Gasteiger partial charge in [0.05, 0.1) is 32.4 Å². The van der Waals surface area contributed by atoms with Crippen molar-refractivity contribution in [2.24, 2.45) is 0 Å². The Morgan fingerprint density at radius 3 is 2.23 bits per heavy atom. The third-order valence-corrected chi connectivity index (χ3v) is 4.32. The maximum Gasteiger partial charge on any atom is 0.338 e. The Balaban J connectivity index is 1.69. The predicted molar refractivity (Wildman–Crippen MR) is 103 cm³/mol.